The molecule has 0 saturated carbocycles. The average Bonchev–Trinajstić information content (AvgIpc) is 2.81. The van der Waals surface area contributed by atoms with Crippen molar-refractivity contribution >= 4 is 38.9 Å². The van der Waals surface area contributed by atoms with Crippen LogP contribution in [0.15, 0.2) is 54.9 Å². The van der Waals surface area contributed by atoms with Gasteiger partial charge in [-0.05, 0) is 41.5 Å². The van der Waals surface area contributed by atoms with E-state index in [4.69, 9.17) is 32.7 Å². The number of nitriles is 1. The number of benzene rings is 2. The zero-order valence-electron chi connectivity index (χ0n) is 19.5. The standard InChI is InChI=1S/C25H25Cl2N3O4S/c1-25(2,20-12-18(14-28)24(22(27)13-20)33-11-9-26)19-4-6-21(7-5-19)34-16-17-8-10-29-15-23(17)30-35(3,31)32/h4-8,10,12-13,15,30H,9,11,16H2,1-3H3. The number of hydrogen-bond donors (Lipinski definition) is 1. The van der Waals surface area contributed by atoms with E-state index in [9.17, 15) is 13.7 Å². The number of rotatable bonds is 10. The van der Waals surface area contributed by atoms with Crippen molar-refractivity contribution in [3.8, 4) is 17.6 Å². The highest BCUT2D eigenvalue weighted by Crippen LogP contribution is 2.38. The van der Waals surface area contributed by atoms with Gasteiger partial charge in [-0.3, -0.25) is 9.71 Å². The maximum Gasteiger partial charge on any atom is 0.229 e. The fraction of sp³-hybridized carbons (Fsp3) is 0.280. The van der Waals surface area contributed by atoms with Crippen LogP contribution in [-0.2, 0) is 22.0 Å². The molecule has 184 valence electrons. The summed E-state index contributed by atoms with van der Waals surface area (Å²) in [6.45, 7) is 4.49. The van der Waals surface area contributed by atoms with Crippen LogP contribution in [0, 0.1) is 11.3 Å². The van der Waals surface area contributed by atoms with Crippen molar-refractivity contribution < 1.29 is 17.9 Å². The maximum absolute atomic E-state index is 11.6. The van der Waals surface area contributed by atoms with Crippen LogP contribution in [0.2, 0.25) is 5.02 Å². The molecule has 3 aromatic rings. The lowest BCUT2D eigenvalue weighted by Crippen LogP contribution is -2.19. The minimum atomic E-state index is -3.44. The number of pyridine rings is 1. The number of ether oxygens (including phenoxy) is 2. The predicted octanol–water partition coefficient (Wildman–Crippen LogP) is 5.50. The van der Waals surface area contributed by atoms with E-state index in [-0.39, 0.29) is 13.2 Å². The highest BCUT2D eigenvalue weighted by Gasteiger charge is 2.26. The molecule has 7 nitrogen and oxygen atoms in total. The summed E-state index contributed by atoms with van der Waals surface area (Å²) in [6.07, 6.45) is 4.10. The molecular formula is C25H25Cl2N3O4S. The summed E-state index contributed by atoms with van der Waals surface area (Å²) in [4.78, 5) is 3.96. The number of sulfonamides is 1. The molecule has 0 spiro atoms. The Kier molecular flexibility index (Phi) is 8.49. The summed E-state index contributed by atoms with van der Waals surface area (Å²) >= 11 is 12.1. The molecule has 0 aliphatic carbocycles. The fourth-order valence-electron chi connectivity index (χ4n) is 3.46. The molecule has 0 unspecified atom stereocenters. The van der Waals surface area contributed by atoms with Gasteiger partial charge in [-0.15, -0.1) is 11.6 Å². The lowest BCUT2D eigenvalue weighted by atomic mass is 9.77. The monoisotopic (exact) mass is 533 g/mol. The molecule has 1 aromatic heterocycles. The summed E-state index contributed by atoms with van der Waals surface area (Å²) in [5.41, 5.74) is 2.76. The lowest BCUT2D eigenvalue weighted by molar-refractivity contribution is 0.306. The minimum Gasteiger partial charge on any atom is -0.489 e. The molecule has 0 aliphatic rings. The van der Waals surface area contributed by atoms with E-state index >= 15 is 0 Å². The van der Waals surface area contributed by atoms with Crippen LogP contribution in [0.5, 0.6) is 11.5 Å². The first-order valence-electron chi connectivity index (χ1n) is 10.6. The highest BCUT2D eigenvalue weighted by atomic mass is 35.5. The van der Waals surface area contributed by atoms with Gasteiger partial charge in [0.2, 0.25) is 10.0 Å². The molecule has 3 rings (SSSR count). The number of anilines is 1. The molecule has 2 aromatic carbocycles. The Morgan fingerprint density at radius 1 is 1.11 bits per heavy atom. The SMILES string of the molecule is CC(C)(c1ccc(OCc2ccncc2NS(C)(=O)=O)cc1)c1cc(Cl)c(OCCCl)c(C#N)c1. The van der Waals surface area contributed by atoms with Gasteiger partial charge in [0.05, 0.1) is 34.6 Å². The molecule has 0 aliphatic heterocycles. The molecule has 0 bridgehead atoms. The first-order chi connectivity index (χ1) is 16.5. The van der Waals surface area contributed by atoms with Crippen molar-refractivity contribution in [2.45, 2.75) is 25.9 Å². The summed E-state index contributed by atoms with van der Waals surface area (Å²) in [6, 6.07) is 15.0. The number of nitrogens with one attached hydrogen (secondary N) is 1. The van der Waals surface area contributed by atoms with Gasteiger partial charge in [-0.1, -0.05) is 37.6 Å². The number of aromatic nitrogens is 1. The van der Waals surface area contributed by atoms with Crippen LogP contribution in [0.1, 0.15) is 36.1 Å². The van der Waals surface area contributed by atoms with Gasteiger partial charge in [0.1, 0.15) is 25.0 Å². The Balaban J connectivity index is 1.79. The third-order valence-electron chi connectivity index (χ3n) is 5.39. The highest BCUT2D eigenvalue weighted by molar-refractivity contribution is 7.92. The molecule has 35 heavy (non-hydrogen) atoms. The second-order valence-corrected chi connectivity index (χ2v) is 10.9. The molecule has 0 radical (unpaired) electrons. The van der Waals surface area contributed by atoms with Gasteiger partial charge in [0.15, 0.2) is 5.75 Å². The van der Waals surface area contributed by atoms with Crippen LogP contribution >= 0.6 is 23.2 Å². The van der Waals surface area contributed by atoms with Gasteiger partial charge < -0.3 is 9.47 Å². The second kappa shape index (κ2) is 11.2. The molecule has 0 fully saturated rings. The Hall–Kier alpha value is -2.99. The fourth-order valence-corrected chi connectivity index (χ4v) is 4.40. The molecular weight excluding hydrogens is 509 g/mol. The van der Waals surface area contributed by atoms with Crippen molar-refractivity contribution in [3.63, 3.8) is 0 Å². The molecule has 1 N–H and O–H groups in total. The number of halogens is 2. The molecule has 1 heterocycles. The lowest BCUT2D eigenvalue weighted by Gasteiger charge is -2.27. The normalized spacial score (nSPS) is 11.5. The summed E-state index contributed by atoms with van der Waals surface area (Å²) in [7, 11) is -3.44. The van der Waals surface area contributed by atoms with E-state index in [1.807, 2.05) is 38.1 Å². The van der Waals surface area contributed by atoms with Crippen molar-refractivity contribution in [1.29, 1.82) is 5.26 Å². The summed E-state index contributed by atoms with van der Waals surface area (Å²) in [5, 5.41) is 9.95. The molecule has 10 heteroatoms. The number of nitrogens with zero attached hydrogens (tertiary/aromatic N) is 2. The number of hydrogen-bond acceptors (Lipinski definition) is 6. The first-order valence-corrected chi connectivity index (χ1v) is 13.4. The van der Waals surface area contributed by atoms with Crippen molar-refractivity contribution in [1.82, 2.24) is 4.98 Å². The van der Waals surface area contributed by atoms with E-state index in [0.29, 0.717) is 39.2 Å². The van der Waals surface area contributed by atoms with Gasteiger partial charge in [-0.25, -0.2) is 8.42 Å². The zero-order valence-corrected chi connectivity index (χ0v) is 21.8. The van der Waals surface area contributed by atoms with Crippen molar-refractivity contribution in [2.24, 2.45) is 0 Å². The van der Waals surface area contributed by atoms with Crippen LogP contribution in [0.3, 0.4) is 0 Å². The third-order valence-corrected chi connectivity index (χ3v) is 6.41. The van der Waals surface area contributed by atoms with Gasteiger partial charge in [0.25, 0.3) is 0 Å². The summed E-state index contributed by atoms with van der Waals surface area (Å²) < 4.78 is 37.0. The van der Waals surface area contributed by atoms with E-state index in [1.54, 1.807) is 24.4 Å². The quantitative estimate of drug-likeness (QED) is 0.345. The topological polar surface area (TPSA) is 101 Å². The average molecular weight is 534 g/mol. The Morgan fingerprint density at radius 3 is 2.46 bits per heavy atom. The van der Waals surface area contributed by atoms with Crippen LogP contribution < -0.4 is 14.2 Å². The molecule has 0 atom stereocenters. The summed E-state index contributed by atoms with van der Waals surface area (Å²) in [5.74, 6) is 1.24. The van der Waals surface area contributed by atoms with Crippen molar-refractivity contribution in [2.75, 3.05) is 23.5 Å². The van der Waals surface area contributed by atoms with E-state index in [2.05, 4.69) is 15.8 Å². The third kappa shape index (κ3) is 6.79. The Morgan fingerprint density at radius 2 is 1.83 bits per heavy atom. The molecule has 0 saturated heterocycles. The van der Waals surface area contributed by atoms with E-state index < -0.39 is 15.4 Å². The smallest absolute Gasteiger partial charge is 0.229 e. The van der Waals surface area contributed by atoms with Crippen LogP contribution in [0.4, 0.5) is 5.69 Å². The Labute approximate surface area is 215 Å². The molecule has 0 amide bonds. The van der Waals surface area contributed by atoms with Gasteiger partial charge in [0, 0.05) is 17.2 Å². The maximum atomic E-state index is 11.6. The minimum absolute atomic E-state index is 0.161. The zero-order chi connectivity index (χ0) is 25.6. The largest absolute Gasteiger partial charge is 0.489 e. The van der Waals surface area contributed by atoms with Crippen LogP contribution in [-0.4, -0.2) is 32.1 Å². The van der Waals surface area contributed by atoms with Crippen molar-refractivity contribution in [3.05, 3.63) is 82.1 Å². The number of alkyl halides is 1. The van der Waals surface area contributed by atoms with E-state index in [1.165, 1.54) is 6.20 Å². The van der Waals surface area contributed by atoms with Crippen LogP contribution in [0.25, 0.3) is 0 Å². The predicted molar refractivity (Wildman–Crippen MR) is 138 cm³/mol. The van der Waals surface area contributed by atoms with E-state index in [0.717, 1.165) is 17.4 Å². The second-order valence-electron chi connectivity index (χ2n) is 8.33. The van der Waals surface area contributed by atoms with Gasteiger partial charge >= 0.3 is 0 Å². The Bertz CT molecular complexity index is 1340. The first kappa shape index (κ1) is 26.6. The van der Waals surface area contributed by atoms with Gasteiger partial charge in [-0.2, -0.15) is 5.26 Å².